The first-order chi connectivity index (χ1) is 9.61. The van der Waals surface area contributed by atoms with E-state index in [-0.39, 0.29) is 5.41 Å². The normalized spacial score (nSPS) is 21.9. The van der Waals surface area contributed by atoms with Crippen LogP contribution in [0.15, 0.2) is 63.9 Å². The molecule has 0 spiro atoms. The molecular weight excluding hydrogens is 314 g/mol. The van der Waals surface area contributed by atoms with E-state index >= 15 is 0 Å². The van der Waals surface area contributed by atoms with Gasteiger partial charge < -0.3 is 0 Å². The van der Waals surface area contributed by atoms with Crippen molar-refractivity contribution in [3.63, 3.8) is 0 Å². The molecule has 1 aromatic rings. The van der Waals surface area contributed by atoms with E-state index in [9.17, 15) is 0 Å². The molecule has 0 radical (unpaired) electrons. The Hall–Kier alpha value is -1.68. The van der Waals surface area contributed by atoms with Crippen LogP contribution in [-0.4, -0.2) is 11.2 Å². The Labute approximate surface area is 128 Å². The zero-order valence-corrected chi connectivity index (χ0v) is 13.3. The molecule has 4 heteroatoms. The van der Waals surface area contributed by atoms with Crippen LogP contribution in [0.3, 0.4) is 0 Å². The van der Waals surface area contributed by atoms with Crippen LogP contribution in [-0.2, 0) is 0 Å². The molecule has 0 saturated carbocycles. The van der Waals surface area contributed by atoms with Gasteiger partial charge in [-0.3, -0.25) is 5.43 Å². The van der Waals surface area contributed by atoms with Crippen LogP contribution in [0.4, 0.5) is 5.82 Å². The molecule has 1 aliphatic rings. The fourth-order valence-electron chi connectivity index (χ4n) is 1.71. The van der Waals surface area contributed by atoms with Crippen LogP contribution in [0.5, 0.6) is 0 Å². The van der Waals surface area contributed by atoms with Gasteiger partial charge >= 0.3 is 0 Å². The third kappa shape index (κ3) is 4.17. The van der Waals surface area contributed by atoms with E-state index < -0.39 is 0 Å². The van der Waals surface area contributed by atoms with E-state index in [4.69, 9.17) is 0 Å². The van der Waals surface area contributed by atoms with E-state index in [0.29, 0.717) is 0 Å². The van der Waals surface area contributed by atoms with Gasteiger partial charge in [-0.2, -0.15) is 5.10 Å². The standard InChI is InChI=1S/C16H18BrN3/c1-3-16(2)9-4-5-13(8-10-16)11-19-20-15-7-6-14(17)12-18-15/h4-12H,3H2,1-2H3,(H,18,20)/b19-11+. The molecule has 2 rings (SSSR count). The molecule has 1 N–H and O–H groups in total. The number of hydrogen-bond donors (Lipinski definition) is 1. The molecule has 0 fully saturated rings. The van der Waals surface area contributed by atoms with E-state index in [1.165, 1.54) is 0 Å². The number of rotatable bonds is 4. The summed E-state index contributed by atoms with van der Waals surface area (Å²) in [6.45, 7) is 4.41. The lowest BCUT2D eigenvalue weighted by Gasteiger charge is -2.17. The molecule has 1 heterocycles. The third-order valence-corrected chi connectivity index (χ3v) is 3.77. The summed E-state index contributed by atoms with van der Waals surface area (Å²) in [4.78, 5) is 4.19. The number of halogens is 1. The Balaban J connectivity index is 1.98. The summed E-state index contributed by atoms with van der Waals surface area (Å²) >= 11 is 3.35. The van der Waals surface area contributed by atoms with Crippen LogP contribution in [0.2, 0.25) is 0 Å². The van der Waals surface area contributed by atoms with Gasteiger partial charge in [-0.1, -0.05) is 44.2 Å². The van der Waals surface area contributed by atoms with Gasteiger partial charge in [-0.15, -0.1) is 0 Å². The SMILES string of the molecule is CCC1(C)C=CC=C(/C=N/Nc2ccc(Br)cn2)C=C1. The highest BCUT2D eigenvalue weighted by Crippen LogP contribution is 2.27. The molecule has 0 aromatic carbocycles. The number of nitrogens with one attached hydrogen (secondary N) is 1. The molecule has 0 amide bonds. The summed E-state index contributed by atoms with van der Waals surface area (Å²) < 4.78 is 0.949. The molecular formula is C16H18BrN3. The number of allylic oxidation sites excluding steroid dienone is 6. The highest BCUT2D eigenvalue weighted by molar-refractivity contribution is 9.10. The number of hydrogen-bond acceptors (Lipinski definition) is 3. The van der Waals surface area contributed by atoms with Crippen molar-refractivity contribution in [2.24, 2.45) is 10.5 Å². The Kier molecular flexibility index (Phi) is 4.90. The summed E-state index contributed by atoms with van der Waals surface area (Å²) in [7, 11) is 0. The average molecular weight is 332 g/mol. The molecule has 104 valence electrons. The molecule has 3 nitrogen and oxygen atoms in total. The largest absolute Gasteiger partial charge is 0.261 e. The van der Waals surface area contributed by atoms with Crippen molar-refractivity contribution < 1.29 is 0 Å². The fourth-order valence-corrected chi connectivity index (χ4v) is 1.95. The zero-order valence-electron chi connectivity index (χ0n) is 11.7. The first-order valence-corrected chi connectivity index (χ1v) is 7.40. The molecule has 0 saturated heterocycles. The molecule has 1 aromatic heterocycles. The van der Waals surface area contributed by atoms with Gasteiger partial charge in [0.25, 0.3) is 0 Å². The second-order valence-corrected chi connectivity index (χ2v) is 5.87. The van der Waals surface area contributed by atoms with Crippen LogP contribution in [0, 0.1) is 5.41 Å². The van der Waals surface area contributed by atoms with Crippen molar-refractivity contribution in [2.75, 3.05) is 5.43 Å². The molecule has 0 aliphatic heterocycles. The van der Waals surface area contributed by atoms with E-state index in [1.807, 2.05) is 12.1 Å². The van der Waals surface area contributed by atoms with Crippen LogP contribution in [0.1, 0.15) is 20.3 Å². The Morgan fingerprint density at radius 2 is 2.25 bits per heavy atom. The monoisotopic (exact) mass is 331 g/mol. The van der Waals surface area contributed by atoms with Gasteiger partial charge in [0, 0.05) is 16.1 Å². The minimum Gasteiger partial charge on any atom is -0.261 e. The van der Waals surface area contributed by atoms with Crippen molar-refractivity contribution >= 4 is 28.0 Å². The summed E-state index contributed by atoms with van der Waals surface area (Å²) in [5, 5.41) is 4.20. The van der Waals surface area contributed by atoms with Crippen molar-refractivity contribution in [1.82, 2.24) is 4.98 Å². The minimum absolute atomic E-state index is 0.132. The lowest BCUT2D eigenvalue weighted by molar-refractivity contribution is 0.531. The topological polar surface area (TPSA) is 37.3 Å². The first-order valence-electron chi connectivity index (χ1n) is 6.61. The molecule has 0 bridgehead atoms. The van der Waals surface area contributed by atoms with Crippen molar-refractivity contribution in [3.05, 3.63) is 58.8 Å². The van der Waals surface area contributed by atoms with Gasteiger partial charge in [0.15, 0.2) is 0 Å². The van der Waals surface area contributed by atoms with Crippen molar-refractivity contribution in [3.8, 4) is 0 Å². The lowest BCUT2D eigenvalue weighted by atomic mass is 9.87. The number of pyridine rings is 1. The van der Waals surface area contributed by atoms with Crippen LogP contribution < -0.4 is 5.43 Å². The van der Waals surface area contributed by atoms with Crippen molar-refractivity contribution in [1.29, 1.82) is 0 Å². The van der Waals surface area contributed by atoms with E-state index in [1.54, 1.807) is 12.4 Å². The lowest BCUT2D eigenvalue weighted by Crippen LogP contribution is -2.06. The summed E-state index contributed by atoms with van der Waals surface area (Å²) in [6, 6.07) is 3.79. The van der Waals surface area contributed by atoms with E-state index in [2.05, 4.69) is 75.7 Å². The zero-order chi connectivity index (χ0) is 14.4. The average Bonchev–Trinajstić information content (AvgIpc) is 2.64. The van der Waals surface area contributed by atoms with Crippen LogP contribution in [0.25, 0.3) is 0 Å². The maximum Gasteiger partial charge on any atom is 0.146 e. The summed E-state index contributed by atoms with van der Waals surface area (Å²) in [6.07, 6.45) is 15.3. The Bertz CT molecular complexity index is 570. The number of aromatic nitrogens is 1. The number of hydrazone groups is 1. The van der Waals surface area contributed by atoms with Gasteiger partial charge in [0.1, 0.15) is 5.82 Å². The smallest absolute Gasteiger partial charge is 0.146 e. The molecule has 1 aliphatic carbocycles. The minimum atomic E-state index is 0.132. The highest BCUT2D eigenvalue weighted by Gasteiger charge is 2.14. The first kappa shape index (κ1) is 14.7. The van der Waals surface area contributed by atoms with Crippen LogP contribution >= 0.6 is 15.9 Å². The summed E-state index contributed by atoms with van der Waals surface area (Å²) in [5.41, 5.74) is 4.10. The third-order valence-electron chi connectivity index (χ3n) is 3.30. The van der Waals surface area contributed by atoms with Crippen molar-refractivity contribution in [2.45, 2.75) is 20.3 Å². The second-order valence-electron chi connectivity index (χ2n) is 4.95. The predicted molar refractivity (Wildman–Crippen MR) is 88.8 cm³/mol. The van der Waals surface area contributed by atoms with E-state index in [0.717, 1.165) is 22.3 Å². The molecule has 1 atom stereocenters. The molecule has 20 heavy (non-hydrogen) atoms. The second kappa shape index (κ2) is 6.66. The highest BCUT2D eigenvalue weighted by atomic mass is 79.9. The maximum atomic E-state index is 4.20. The molecule has 1 unspecified atom stereocenters. The quantitative estimate of drug-likeness (QED) is 0.640. The number of anilines is 1. The Morgan fingerprint density at radius 3 is 2.95 bits per heavy atom. The van der Waals surface area contributed by atoms with Gasteiger partial charge in [0.2, 0.25) is 0 Å². The van der Waals surface area contributed by atoms with Gasteiger partial charge in [-0.25, -0.2) is 4.98 Å². The predicted octanol–water partition coefficient (Wildman–Crippen LogP) is 4.71. The van der Waals surface area contributed by atoms with Gasteiger partial charge in [-0.05, 0) is 40.1 Å². The Morgan fingerprint density at radius 1 is 1.40 bits per heavy atom. The fraction of sp³-hybridized carbons (Fsp3) is 0.250. The number of nitrogens with zero attached hydrogens (tertiary/aromatic N) is 2. The van der Waals surface area contributed by atoms with Gasteiger partial charge in [0.05, 0.1) is 6.21 Å². The summed E-state index contributed by atoms with van der Waals surface area (Å²) in [5.74, 6) is 0.719. The maximum absolute atomic E-state index is 4.20.